The van der Waals surface area contributed by atoms with E-state index < -0.39 is 0 Å². The summed E-state index contributed by atoms with van der Waals surface area (Å²) in [7, 11) is 0. The molecule has 0 bridgehead atoms. The maximum Gasteiger partial charge on any atom is 2.00 e. The van der Waals surface area contributed by atoms with Crippen LogP contribution in [0.3, 0.4) is 0 Å². The van der Waals surface area contributed by atoms with Crippen LogP contribution in [0.4, 0.5) is 0 Å². The van der Waals surface area contributed by atoms with Crippen molar-refractivity contribution in [2.24, 2.45) is 0 Å². The monoisotopic (exact) mass is 1010 g/mol. The van der Waals surface area contributed by atoms with Crippen LogP contribution in [0.1, 0.15) is 295 Å². The van der Waals surface area contributed by atoms with Crippen molar-refractivity contribution in [1.29, 1.82) is 0 Å². The first-order valence-corrected chi connectivity index (χ1v) is 28.7. The summed E-state index contributed by atoms with van der Waals surface area (Å²) < 4.78 is 1.53. The van der Waals surface area contributed by atoms with Crippen molar-refractivity contribution in [2.75, 3.05) is 0 Å². The van der Waals surface area contributed by atoms with E-state index in [1.165, 1.54) is 227 Å². The van der Waals surface area contributed by atoms with E-state index >= 15 is 0 Å². The summed E-state index contributed by atoms with van der Waals surface area (Å²) in [5.41, 5.74) is 21.4. The maximum atomic E-state index is 12.3. The van der Waals surface area contributed by atoms with Crippen molar-refractivity contribution in [3.05, 3.63) is 101 Å². The Kier molecular flexibility index (Phi) is 45.8. The van der Waals surface area contributed by atoms with Gasteiger partial charge in [0.05, 0.1) is 0 Å². The first-order chi connectivity index (χ1) is 32.6. The average molecular weight is 1010 g/mol. The molecule has 3 rings (SSSR count). The van der Waals surface area contributed by atoms with Gasteiger partial charge in [-0.05, 0) is 80.3 Å². The summed E-state index contributed by atoms with van der Waals surface area (Å²) in [5, 5.41) is 0. The van der Waals surface area contributed by atoms with E-state index in [9.17, 15) is 5.53 Å². The van der Waals surface area contributed by atoms with Gasteiger partial charge in [0.15, 0.2) is 0 Å². The summed E-state index contributed by atoms with van der Waals surface area (Å²) in [6.45, 7) is 19.1. The second kappa shape index (κ2) is 47.4. The fourth-order valence-corrected chi connectivity index (χ4v) is 9.51. The van der Waals surface area contributed by atoms with Gasteiger partial charge in [0.1, 0.15) is 5.57 Å². The molecule has 0 radical (unpaired) electrons. The Morgan fingerprint density at radius 3 is 1.10 bits per heavy atom. The predicted octanol–water partition coefficient (Wildman–Crippen LogP) is 21.7. The van der Waals surface area contributed by atoms with Crippen LogP contribution in [0.2, 0.25) is 0 Å². The van der Waals surface area contributed by atoms with Crippen LogP contribution in [0, 0.1) is 25.7 Å². The normalized spacial score (nSPS) is 12.0. The number of rotatable bonds is 39. The van der Waals surface area contributed by atoms with Crippen molar-refractivity contribution in [2.45, 2.75) is 286 Å². The molecule has 1 heterocycles. The zero-order valence-electron chi connectivity index (χ0n) is 45.1. The Hall–Kier alpha value is -2.26. The molecular weight excluding hydrogens is 903 g/mol. The molecule has 2 nitrogen and oxygen atoms in total. The van der Waals surface area contributed by atoms with Crippen LogP contribution in [0.5, 0.6) is 0 Å². The summed E-state index contributed by atoms with van der Waals surface area (Å²) in [4.78, 5) is 0. The Morgan fingerprint density at radius 1 is 0.403 bits per heavy atom. The van der Waals surface area contributed by atoms with E-state index in [0.717, 1.165) is 66.6 Å². The standard InChI is InChI=1S/C60H96N2.2C2H5.Pd/c1-5-9-13-15-17-18-19-20-21-22-23-24-25-26-27-28-29-30-31-32-33-34-36-40-50-58-57(49-39-35-16-14-10-6-2)59(55-47-41-45-53(51-55)43-37-11-7-3)62(61)60(58)56-48-42-46-54(52-56)44-38-12-8-4;2*1-2;/h41-42,45-48,51-52H,5-39,43-44,49H2,1-4H3;2*1H2,2H3;/q;2*-1;+2. The Labute approximate surface area is 432 Å². The zero-order chi connectivity index (χ0) is 48.1. The Bertz CT molecular complexity index is 1590. The molecule has 2 aromatic carbocycles. The zero-order valence-corrected chi connectivity index (χ0v) is 46.7. The minimum atomic E-state index is 0. The van der Waals surface area contributed by atoms with Crippen molar-refractivity contribution in [3.63, 3.8) is 0 Å². The average Bonchev–Trinajstić information content (AvgIpc) is 3.62. The van der Waals surface area contributed by atoms with Crippen LogP contribution in [0.25, 0.3) is 16.9 Å². The molecule has 2 aromatic rings. The Balaban J connectivity index is 0.00000847. The van der Waals surface area contributed by atoms with E-state index in [1.54, 1.807) is 13.8 Å². The van der Waals surface area contributed by atoms with Crippen molar-refractivity contribution >= 4 is 11.4 Å². The number of allylic oxidation sites excluding steroid dienone is 2. The molecule has 1 aliphatic heterocycles. The molecule has 0 amide bonds. The second-order valence-corrected chi connectivity index (χ2v) is 19.2. The molecule has 0 saturated carbocycles. The summed E-state index contributed by atoms with van der Waals surface area (Å²) in [5.74, 6) is 7.39. The minimum Gasteiger partial charge on any atom is -0.493 e. The van der Waals surface area contributed by atoms with Gasteiger partial charge in [0.25, 0.3) is 0 Å². The van der Waals surface area contributed by atoms with Gasteiger partial charge in [-0.1, -0.05) is 256 Å². The van der Waals surface area contributed by atoms with E-state index in [1.807, 2.05) is 0 Å². The molecular formula is C64H106N2Pd. The fourth-order valence-electron chi connectivity index (χ4n) is 9.51. The van der Waals surface area contributed by atoms with Crippen LogP contribution >= 0.6 is 0 Å². The smallest absolute Gasteiger partial charge is 0.493 e. The number of hydrogen-bond donors (Lipinski definition) is 0. The summed E-state index contributed by atoms with van der Waals surface area (Å²) in [6, 6.07) is 18.0. The fraction of sp³-hybridized carbons (Fsp3) is 0.688. The number of hydrogen-bond acceptors (Lipinski definition) is 0. The Morgan fingerprint density at radius 2 is 0.716 bits per heavy atom. The van der Waals surface area contributed by atoms with Crippen molar-refractivity contribution < 1.29 is 25.1 Å². The first kappa shape index (κ1) is 64.7. The number of unbranched alkanes of at least 4 members (excludes halogenated alkanes) is 31. The van der Waals surface area contributed by atoms with Gasteiger partial charge in [-0.3, -0.25) is 0 Å². The molecule has 3 heteroatoms. The molecule has 0 atom stereocenters. The van der Waals surface area contributed by atoms with Gasteiger partial charge in [0, 0.05) is 23.1 Å². The van der Waals surface area contributed by atoms with Crippen LogP contribution in [-0.4, -0.2) is 4.70 Å². The number of benzene rings is 2. The van der Waals surface area contributed by atoms with E-state index in [-0.39, 0.29) is 20.4 Å². The van der Waals surface area contributed by atoms with Gasteiger partial charge >= 0.3 is 20.4 Å². The van der Waals surface area contributed by atoms with Gasteiger partial charge in [-0.15, -0.1) is 0 Å². The molecule has 0 unspecified atom stereocenters. The molecule has 0 saturated heterocycles. The molecule has 0 aliphatic carbocycles. The predicted molar refractivity (Wildman–Crippen MR) is 296 cm³/mol. The topological polar surface area (TPSA) is 25.3 Å². The summed E-state index contributed by atoms with van der Waals surface area (Å²) in [6.07, 6.45) is 49.9. The minimum absolute atomic E-state index is 0. The third-order valence-electron chi connectivity index (χ3n) is 13.4. The SMILES string of the molecule is CCCCCCCCCCCCCCCCCCCCCCCCC#CC1=C(c2cccc(CCCCC)c2)[N+](=[N-])C(c2cccc(CCCCC)c2)=C1CCCCCCCC.[CH2-]C.[CH2-]C.[Pd+2]. The van der Waals surface area contributed by atoms with E-state index in [2.05, 4.69) is 102 Å². The van der Waals surface area contributed by atoms with Crippen LogP contribution < -0.4 is 0 Å². The maximum absolute atomic E-state index is 12.3. The number of aryl methyl sites for hydroxylation is 2. The van der Waals surface area contributed by atoms with Gasteiger partial charge in [-0.2, -0.15) is 13.8 Å². The molecule has 0 aromatic heterocycles. The third-order valence-corrected chi connectivity index (χ3v) is 13.4. The van der Waals surface area contributed by atoms with Crippen molar-refractivity contribution in [1.82, 2.24) is 0 Å². The van der Waals surface area contributed by atoms with Crippen molar-refractivity contribution in [3.8, 4) is 11.8 Å². The molecule has 0 N–H and O–H groups in total. The molecule has 67 heavy (non-hydrogen) atoms. The quantitative estimate of drug-likeness (QED) is 0.0210. The summed E-state index contributed by atoms with van der Waals surface area (Å²) >= 11 is 0. The van der Waals surface area contributed by atoms with Crippen LogP contribution in [-0.2, 0) is 33.3 Å². The van der Waals surface area contributed by atoms with Crippen LogP contribution in [0.15, 0.2) is 59.7 Å². The van der Waals surface area contributed by atoms with E-state index in [4.69, 9.17) is 0 Å². The molecule has 0 fully saturated rings. The molecule has 1 aliphatic rings. The van der Waals surface area contributed by atoms with Gasteiger partial charge in [0.2, 0.25) is 11.4 Å². The number of nitrogens with zero attached hydrogens (tertiary/aromatic N) is 2. The molecule has 0 spiro atoms. The van der Waals surface area contributed by atoms with Gasteiger partial charge in [-0.25, -0.2) is 4.70 Å². The largest absolute Gasteiger partial charge is 2.00 e. The first-order valence-electron chi connectivity index (χ1n) is 28.7. The molecule has 382 valence electrons. The second-order valence-electron chi connectivity index (χ2n) is 19.2. The third kappa shape index (κ3) is 30.2. The van der Waals surface area contributed by atoms with E-state index in [0.29, 0.717) is 0 Å². The van der Waals surface area contributed by atoms with Gasteiger partial charge < -0.3 is 19.4 Å².